The van der Waals surface area contributed by atoms with Crippen LogP contribution in [0.2, 0.25) is 0 Å². The average Bonchev–Trinajstić information content (AvgIpc) is 2.24. The number of benzene rings is 2. The van der Waals surface area contributed by atoms with E-state index in [4.69, 9.17) is 0 Å². The van der Waals surface area contributed by atoms with Crippen LogP contribution >= 0.6 is 0 Å². The molecule has 0 spiro atoms. The second kappa shape index (κ2) is 10.2. The molecule has 2 aromatic carbocycles. The number of rotatable bonds is 0. The SMILES string of the molecule is [K+].[c-]1ccccc1.[c-]1ccccc1. The van der Waals surface area contributed by atoms with E-state index >= 15 is 0 Å². The Labute approximate surface area is 122 Å². The van der Waals surface area contributed by atoms with Crippen molar-refractivity contribution >= 4 is 0 Å². The van der Waals surface area contributed by atoms with Crippen LogP contribution in [-0.4, -0.2) is 0 Å². The van der Waals surface area contributed by atoms with Gasteiger partial charge in [0.05, 0.1) is 0 Å². The van der Waals surface area contributed by atoms with Gasteiger partial charge in [0.25, 0.3) is 0 Å². The molecule has 0 N–H and O–H groups in total. The van der Waals surface area contributed by atoms with Crippen molar-refractivity contribution in [2.45, 2.75) is 0 Å². The van der Waals surface area contributed by atoms with Gasteiger partial charge in [0.15, 0.2) is 0 Å². The fourth-order valence-corrected chi connectivity index (χ4v) is 0.684. The molecule has 0 radical (unpaired) electrons. The third-order valence-electron chi connectivity index (χ3n) is 1.21. The Morgan fingerprint density at radius 2 is 0.769 bits per heavy atom. The fourth-order valence-electron chi connectivity index (χ4n) is 0.684. The minimum absolute atomic E-state index is 0. The Kier molecular flexibility index (Phi) is 10.2. The summed E-state index contributed by atoms with van der Waals surface area (Å²) >= 11 is 0. The van der Waals surface area contributed by atoms with Crippen molar-refractivity contribution < 1.29 is 51.4 Å². The Bertz CT molecular complexity index is 181. The van der Waals surface area contributed by atoms with Crippen molar-refractivity contribution in [3.05, 3.63) is 72.8 Å². The predicted octanol–water partition coefficient (Wildman–Crippen LogP) is -0.0224. The van der Waals surface area contributed by atoms with E-state index in [-0.39, 0.29) is 51.4 Å². The van der Waals surface area contributed by atoms with Gasteiger partial charge in [-0.15, -0.1) is 0 Å². The zero-order valence-electron chi connectivity index (χ0n) is 7.77. The summed E-state index contributed by atoms with van der Waals surface area (Å²) in [7, 11) is 0. The van der Waals surface area contributed by atoms with E-state index in [9.17, 15) is 0 Å². The molecule has 0 unspecified atom stereocenters. The van der Waals surface area contributed by atoms with Crippen LogP contribution in [0.4, 0.5) is 0 Å². The molecule has 0 saturated carbocycles. The van der Waals surface area contributed by atoms with Crippen molar-refractivity contribution in [3.63, 3.8) is 0 Å². The first-order valence-electron chi connectivity index (χ1n) is 3.82. The zero-order valence-corrected chi connectivity index (χ0v) is 10.9. The molecule has 60 valence electrons. The summed E-state index contributed by atoms with van der Waals surface area (Å²) in [6.07, 6.45) is 0. The first-order valence-corrected chi connectivity index (χ1v) is 3.82. The van der Waals surface area contributed by atoms with Crippen LogP contribution in [0.3, 0.4) is 0 Å². The maximum atomic E-state index is 2.89. The van der Waals surface area contributed by atoms with Gasteiger partial charge in [0.1, 0.15) is 0 Å². The van der Waals surface area contributed by atoms with E-state index < -0.39 is 0 Å². The van der Waals surface area contributed by atoms with Gasteiger partial charge in [-0.2, -0.15) is 72.8 Å². The molecule has 0 atom stereocenters. The van der Waals surface area contributed by atoms with E-state index in [1.807, 2.05) is 60.7 Å². The van der Waals surface area contributed by atoms with Crippen molar-refractivity contribution in [1.82, 2.24) is 0 Å². The van der Waals surface area contributed by atoms with E-state index in [1.165, 1.54) is 0 Å². The Balaban J connectivity index is 0.000000206. The molecule has 0 aliphatic heterocycles. The Morgan fingerprint density at radius 3 is 0.846 bits per heavy atom. The molecule has 0 bridgehead atoms. The van der Waals surface area contributed by atoms with Gasteiger partial charge in [-0.1, -0.05) is 0 Å². The quantitative estimate of drug-likeness (QED) is 0.407. The topological polar surface area (TPSA) is 0 Å². The first-order chi connectivity index (χ1) is 6.00. The van der Waals surface area contributed by atoms with Gasteiger partial charge in [-0.05, 0) is 0 Å². The maximum Gasteiger partial charge on any atom is 1.00 e. The summed E-state index contributed by atoms with van der Waals surface area (Å²) in [6.45, 7) is 0. The standard InChI is InChI=1S/2C6H5.K/c2*1-2-4-6-5-3-1;/h2*1-5H;/q2*-1;+1. The molecule has 0 amide bonds. The van der Waals surface area contributed by atoms with E-state index in [0.29, 0.717) is 0 Å². The molecular weight excluding hydrogens is 183 g/mol. The molecule has 0 aromatic heterocycles. The largest absolute Gasteiger partial charge is 1.00 e. The molecule has 2 aromatic rings. The van der Waals surface area contributed by atoms with Crippen LogP contribution in [-0.2, 0) is 0 Å². The first kappa shape index (κ1) is 13.1. The minimum Gasteiger partial charge on any atom is -0.184 e. The zero-order chi connectivity index (χ0) is 8.49. The smallest absolute Gasteiger partial charge is 0.184 e. The average molecular weight is 193 g/mol. The summed E-state index contributed by atoms with van der Waals surface area (Å²) < 4.78 is 0. The second-order valence-electron chi connectivity index (χ2n) is 2.15. The van der Waals surface area contributed by atoms with Gasteiger partial charge in [-0.25, -0.2) is 0 Å². The third-order valence-corrected chi connectivity index (χ3v) is 1.21. The molecule has 0 aliphatic rings. The monoisotopic (exact) mass is 193 g/mol. The maximum absolute atomic E-state index is 2.89. The molecule has 0 saturated heterocycles. The van der Waals surface area contributed by atoms with Crippen molar-refractivity contribution in [1.29, 1.82) is 0 Å². The fraction of sp³-hybridized carbons (Fsp3) is 0. The van der Waals surface area contributed by atoms with Crippen molar-refractivity contribution in [2.75, 3.05) is 0 Å². The number of hydrogen-bond donors (Lipinski definition) is 0. The van der Waals surface area contributed by atoms with Gasteiger partial charge >= 0.3 is 51.4 Å². The number of hydrogen-bond acceptors (Lipinski definition) is 0. The molecule has 0 fully saturated rings. The predicted molar refractivity (Wildman–Crippen MR) is 50.6 cm³/mol. The van der Waals surface area contributed by atoms with Crippen LogP contribution in [0.1, 0.15) is 0 Å². The summed E-state index contributed by atoms with van der Waals surface area (Å²) in [6, 6.07) is 25.0. The van der Waals surface area contributed by atoms with Crippen LogP contribution in [0.15, 0.2) is 60.7 Å². The van der Waals surface area contributed by atoms with Crippen LogP contribution < -0.4 is 51.4 Å². The van der Waals surface area contributed by atoms with Crippen LogP contribution in [0.5, 0.6) is 0 Å². The summed E-state index contributed by atoms with van der Waals surface area (Å²) in [5, 5.41) is 0. The van der Waals surface area contributed by atoms with Crippen molar-refractivity contribution in [3.8, 4) is 0 Å². The molecular formula is C12H10K-. The second-order valence-corrected chi connectivity index (χ2v) is 2.15. The van der Waals surface area contributed by atoms with Gasteiger partial charge in [-0.3, -0.25) is 0 Å². The van der Waals surface area contributed by atoms with Crippen molar-refractivity contribution in [2.24, 2.45) is 0 Å². The summed E-state index contributed by atoms with van der Waals surface area (Å²) in [5.41, 5.74) is 0. The van der Waals surface area contributed by atoms with Crippen LogP contribution in [0.25, 0.3) is 0 Å². The van der Waals surface area contributed by atoms with Gasteiger partial charge in [0.2, 0.25) is 0 Å². The van der Waals surface area contributed by atoms with Gasteiger partial charge in [0, 0.05) is 0 Å². The van der Waals surface area contributed by atoms with E-state index in [2.05, 4.69) is 12.1 Å². The Hall–Kier alpha value is 0.0764. The molecule has 2 rings (SSSR count). The summed E-state index contributed by atoms with van der Waals surface area (Å²) in [5.74, 6) is 0. The van der Waals surface area contributed by atoms with Gasteiger partial charge < -0.3 is 0 Å². The minimum atomic E-state index is 0. The normalized spacial score (nSPS) is 7.38. The Morgan fingerprint density at radius 1 is 0.462 bits per heavy atom. The molecule has 13 heavy (non-hydrogen) atoms. The molecule has 0 aliphatic carbocycles. The molecule has 0 nitrogen and oxygen atoms in total. The third kappa shape index (κ3) is 8.41. The molecule has 1 heteroatoms. The van der Waals surface area contributed by atoms with Crippen LogP contribution in [0, 0.1) is 12.1 Å². The van der Waals surface area contributed by atoms with E-state index in [0.717, 1.165) is 0 Å². The van der Waals surface area contributed by atoms with E-state index in [1.54, 1.807) is 0 Å². The summed E-state index contributed by atoms with van der Waals surface area (Å²) in [4.78, 5) is 0. The molecule has 0 heterocycles.